The second kappa shape index (κ2) is 6.37. The fraction of sp³-hybridized carbons (Fsp3) is 0.562. The summed E-state index contributed by atoms with van der Waals surface area (Å²) in [4.78, 5) is 11.9. The molecule has 1 aromatic rings. The van der Waals surface area contributed by atoms with Crippen LogP contribution in [0, 0.1) is 0 Å². The first-order valence-electron chi connectivity index (χ1n) is 6.95. The smallest absolute Gasteiger partial charge is 0.163 e. The van der Waals surface area contributed by atoms with Gasteiger partial charge in [-0.15, -0.1) is 0 Å². The molecule has 0 N–H and O–H groups in total. The molecule has 0 amide bonds. The summed E-state index contributed by atoms with van der Waals surface area (Å²) in [7, 11) is 1.64. The molecule has 0 spiro atoms. The number of carbonyl (C=O) groups is 1. The number of hydrogen-bond donors (Lipinski definition) is 0. The monoisotopic (exact) mass is 278 g/mol. The van der Waals surface area contributed by atoms with E-state index in [2.05, 4.69) is 0 Å². The number of aryl methyl sites for hydroxylation is 1. The van der Waals surface area contributed by atoms with Crippen molar-refractivity contribution in [2.75, 3.05) is 13.7 Å². The summed E-state index contributed by atoms with van der Waals surface area (Å²) in [5.41, 5.74) is 1.14. The number of ketones is 1. The third-order valence-corrected chi connectivity index (χ3v) is 3.37. The normalized spacial score (nSPS) is 20.9. The summed E-state index contributed by atoms with van der Waals surface area (Å²) in [6.45, 7) is 4.24. The van der Waals surface area contributed by atoms with Crippen LogP contribution in [-0.4, -0.2) is 31.4 Å². The van der Waals surface area contributed by atoms with Crippen molar-refractivity contribution in [1.82, 2.24) is 0 Å². The summed E-state index contributed by atoms with van der Waals surface area (Å²) >= 11 is 0. The van der Waals surface area contributed by atoms with Gasteiger partial charge in [0.25, 0.3) is 0 Å². The van der Waals surface area contributed by atoms with Gasteiger partial charge in [-0.05, 0) is 38.0 Å². The lowest BCUT2D eigenvalue weighted by atomic mass is 10.0. The third-order valence-electron chi connectivity index (χ3n) is 3.37. The van der Waals surface area contributed by atoms with Crippen LogP contribution < -0.4 is 4.74 Å². The Hall–Kier alpha value is -1.39. The molecule has 20 heavy (non-hydrogen) atoms. The largest absolute Gasteiger partial charge is 0.497 e. The van der Waals surface area contributed by atoms with Crippen LogP contribution in [0.3, 0.4) is 0 Å². The lowest BCUT2D eigenvalue weighted by molar-refractivity contribution is -0.142. The molecule has 4 nitrogen and oxygen atoms in total. The molecule has 4 heteroatoms. The van der Waals surface area contributed by atoms with Gasteiger partial charge in [0.15, 0.2) is 5.79 Å². The molecule has 0 aromatic heterocycles. The van der Waals surface area contributed by atoms with Crippen LogP contribution in [0.1, 0.15) is 32.3 Å². The molecule has 1 aliphatic heterocycles. The lowest BCUT2D eigenvalue weighted by Gasteiger charge is -2.16. The van der Waals surface area contributed by atoms with E-state index in [1.807, 2.05) is 38.1 Å². The van der Waals surface area contributed by atoms with E-state index in [9.17, 15) is 4.79 Å². The average molecular weight is 278 g/mol. The zero-order valence-electron chi connectivity index (χ0n) is 12.3. The highest BCUT2D eigenvalue weighted by molar-refractivity contribution is 5.79. The minimum absolute atomic E-state index is 0.103. The van der Waals surface area contributed by atoms with Crippen molar-refractivity contribution in [2.24, 2.45) is 0 Å². The van der Waals surface area contributed by atoms with E-state index in [-0.39, 0.29) is 11.9 Å². The highest BCUT2D eigenvalue weighted by Crippen LogP contribution is 2.24. The van der Waals surface area contributed by atoms with Gasteiger partial charge in [0, 0.05) is 12.8 Å². The molecule has 110 valence electrons. The molecular weight excluding hydrogens is 256 g/mol. The number of methoxy groups -OCH3 is 1. The molecule has 1 heterocycles. The Morgan fingerprint density at radius 3 is 2.60 bits per heavy atom. The van der Waals surface area contributed by atoms with Crippen molar-refractivity contribution >= 4 is 5.78 Å². The highest BCUT2D eigenvalue weighted by Gasteiger charge is 2.33. The quantitative estimate of drug-likeness (QED) is 0.802. The van der Waals surface area contributed by atoms with Gasteiger partial charge in [-0.3, -0.25) is 4.79 Å². The van der Waals surface area contributed by atoms with Gasteiger partial charge in [0.2, 0.25) is 0 Å². The Labute approximate surface area is 120 Å². The van der Waals surface area contributed by atoms with Crippen LogP contribution in [0.15, 0.2) is 24.3 Å². The number of ether oxygens (including phenoxy) is 3. The summed E-state index contributed by atoms with van der Waals surface area (Å²) in [6.07, 6.45) is 1.61. The van der Waals surface area contributed by atoms with Crippen molar-refractivity contribution in [2.45, 2.75) is 45.0 Å². The maximum Gasteiger partial charge on any atom is 0.163 e. The zero-order valence-corrected chi connectivity index (χ0v) is 12.3. The first-order valence-corrected chi connectivity index (χ1v) is 6.95. The number of rotatable bonds is 6. The maximum absolute atomic E-state index is 11.9. The minimum Gasteiger partial charge on any atom is -0.497 e. The SMILES string of the molecule is COc1ccc(CCC(=O)CC2COC(C)(C)O2)cc1. The molecule has 1 atom stereocenters. The Kier molecular flexibility index (Phi) is 4.78. The van der Waals surface area contributed by atoms with Crippen molar-refractivity contribution in [1.29, 1.82) is 0 Å². The number of hydrogen-bond acceptors (Lipinski definition) is 4. The molecule has 1 fully saturated rings. The van der Waals surface area contributed by atoms with E-state index in [1.165, 1.54) is 0 Å². The number of benzene rings is 1. The summed E-state index contributed by atoms with van der Waals surface area (Å²) < 4.78 is 16.2. The van der Waals surface area contributed by atoms with Gasteiger partial charge in [-0.2, -0.15) is 0 Å². The van der Waals surface area contributed by atoms with Gasteiger partial charge < -0.3 is 14.2 Å². The van der Waals surface area contributed by atoms with Crippen LogP contribution in [-0.2, 0) is 20.7 Å². The van der Waals surface area contributed by atoms with Crippen molar-refractivity contribution in [3.05, 3.63) is 29.8 Å². The van der Waals surface area contributed by atoms with Gasteiger partial charge in [0.1, 0.15) is 11.5 Å². The average Bonchev–Trinajstić information content (AvgIpc) is 2.76. The standard InChI is InChI=1S/C16H22O4/c1-16(2)19-11-15(20-16)10-13(17)7-4-12-5-8-14(18-3)9-6-12/h5-6,8-9,15H,4,7,10-11H2,1-3H3. The number of carbonyl (C=O) groups excluding carboxylic acids is 1. The predicted octanol–water partition coefficient (Wildman–Crippen LogP) is 2.74. The first-order chi connectivity index (χ1) is 9.48. The fourth-order valence-electron chi connectivity index (χ4n) is 2.30. The Bertz CT molecular complexity index is 450. The highest BCUT2D eigenvalue weighted by atomic mass is 16.7. The minimum atomic E-state index is -0.555. The predicted molar refractivity (Wildman–Crippen MR) is 75.8 cm³/mol. The van der Waals surface area contributed by atoms with Crippen LogP contribution in [0.5, 0.6) is 5.75 Å². The van der Waals surface area contributed by atoms with Crippen LogP contribution in [0.25, 0.3) is 0 Å². The van der Waals surface area contributed by atoms with E-state index in [1.54, 1.807) is 7.11 Å². The lowest BCUT2D eigenvalue weighted by Crippen LogP contribution is -2.23. The van der Waals surface area contributed by atoms with Gasteiger partial charge in [0.05, 0.1) is 19.8 Å². The van der Waals surface area contributed by atoms with E-state index in [0.717, 1.165) is 17.7 Å². The van der Waals surface area contributed by atoms with Gasteiger partial charge in [-0.25, -0.2) is 0 Å². The van der Waals surface area contributed by atoms with Crippen molar-refractivity contribution in [3.63, 3.8) is 0 Å². The summed E-state index contributed by atoms with van der Waals surface area (Å²) in [5.74, 6) is 0.493. The molecule has 0 saturated carbocycles. The van der Waals surface area contributed by atoms with E-state index < -0.39 is 5.79 Å². The van der Waals surface area contributed by atoms with Gasteiger partial charge in [-0.1, -0.05) is 12.1 Å². The Balaban J connectivity index is 1.74. The second-order valence-corrected chi connectivity index (χ2v) is 5.54. The Morgan fingerprint density at radius 2 is 2.05 bits per heavy atom. The topological polar surface area (TPSA) is 44.8 Å². The zero-order chi connectivity index (χ0) is 14.6. The molecular formula is C16H22O4. The molecule has 0 bridgehead atoms. The molecule has 1 unspecified atom stereocenters. The molecule has 1 aliphatic rings. The van der Waals surface area contributed by atoms with Gasteiger partial charge >= 0.3 is 0 Å². The fourth-order valence-corrected chi connectivity index (χ4v) is 2.30. The van der Waals surface area contributed by atoms with Crippen molar-refractivity contribution in [3.8, 4) is 5.75 Å². The maximum atomic E-state index is 11.9. The van der Waals surface area contributed by atoms with Crippen LogP contribution >= 0.6 is 0 Å². The van der Waals surface area contributed by atoms with Crippen LogP contribution in [0.4, 0.5) is 0 Å². The second-order valence-electron chi connectivity index (χ2n) is 5.54. The Morgan fingerprint density at radius 1 is 1.35 bits per heavy atom. The summed E-state index contributed by atoms with van der Waals surface area (Å²) in [5, 5.41) is 0. The number of Topliss-reactive ketones (excluding diaryl/α,β-unsaturated/α-hetero) is 1. The molecule has 0 aliphatic carbocycles. The van der Waals surface area contributed by atoms with E-state index in [0.29, 0.717) is 19.4 Å². The third kappa shape index (κ3) is 4.32. The molecule has 1 aromatic carbocycles. The van der Waals surface area contributed by atoms with E-state index >= 15 is 0 Å². The van der Waals surface area contributed by atoms with Crippen molar-refractivity contribution < 1.29 is 19.0 Å². The molecule has 0 radical (unpaired) electrons. The van der Waals surface area contributed by atoms with E-state index in [4.69, 9.17) is 14.2 Å². The molecule has 2 rings (SSSR count). The van der Waals surface area contributed by atoms with Crippen LogP contribution in [0.2, 0.25) is 0 Å². The molecule has 1 saturated heterocycles. The summed E-state index contributed by atoms with van der Waals surface area (Å²) in [6, 6.07) is 7.81. The first kappa shape index (κ1) is 15.0.